The van der Waals surface area contributed by atoms with E-state index in [9.17, 15) is 8.42 Å². The van der Waals surface area contributed by atoms with Crippen LogP contribution in [0.2, 0.25) is 0 Å². The van der Waals surface area contributed by atoms with Gasteiger partial charge in [0.25, 0.3) is 0 Å². The summed E-state index contributed by atoms with van der Waals surface area (Å²) < 4.78 is 26.6. The molecule has 0 fully saturated rings. The Hall–Kier alpha value is -1.07. The summed E-state index contributed by atoms with van der Waals surface area (Å²) in [6.07, 6.45) is 4.10. The first-order chi connectivity index (χ1) is 8.45. The molecule has 0 amide bonds. The Labute approximate surface area is 109 Å². The van der Waals surface area contributed by atoms with Crippen molar-refractivity contribution in [2.75, 3.05) is 0 Å². The van der Waals surface area contributed by atoms with Crippen molar-refractivity contribution in [3.63, 3.8) is 0 Å². The first-order valence-electron chi connectivity index (χ1n) is 6.27. The van der Waals surface area contributed by atoms with Gasteiger partial charge in [-0.3, -0.25) is 0 Å². The summed E-state index contributed by atoms with van der Waals surface area (Å²) in [7, 11) is -3.47. The number of phenolic OH excluding ortho intramolecular Hbond substituents is 1. The number of hydrogen-bond acceptors (Lipinski definition) is 3. The van der Waals surface area contributed by atoms with Gasteiger partial charge in [-0.2, -0.15) is 0 Å². The van der Waals surface area contributed by atoms with Crippen LogP contribution in [0.1, 0.15) is 39.5 Å². The topological polar surface area (TPSA) is 66.4 Å². The number of nitrogens with one attached hydrogen (secondary N) is 1. The molecule has 102 valence electrons. The number of sulfonamides is 1. The molecule has 18 heavy (non-hydrogen) atoms. The van der Waals surface area contributed by atoms with Crippen LogP contribution in [0.3, 0.4) is 0 Å². The molecule has 0 heterocycles. The Morgan fingerprint density at radius 1 is 1.22 bits per heavy atom. The minimum atomic E-state index is -3.47. The molecule has 1 aromatic carbocycles. The Morgan fingerprint density at radius 2 is 1.83 bits per heavy atom. The van der Waals surface area contributed by atoms with Gasteiger partial charge in [0.1, 0.15) is 5.75 Å². The number of aromatic hydroxyl groups is 1. The van der Waals surface area contributed by atoms with Crippen LogP contribution in [-0.4, -0.2) is 19.6 Å². The summed E-state index contributed by atoms with van der Waals surface area (Å²) in [6.45, 7) is 3.99. The number of benzene rings is 1. The second-order valence-electron chi connectivity index (χ2n) is 4.51. The van der Waals surface area contributed by atoms with E-state index in [-0.39, 0.29) is 16.7 Å². The van der Waals surface area contributed by atoms with E-state index in [2.05, 4.69) is 11.6 Å². The Kier molecular flexibility index (Phi) is 5.62. The van der Waals surface area contributed by atoms with Crippen molar-refractivity contribution in [1.82, 2.24) is 4.72 Å². The van der Waals surface area contributed by atoms with Crippen molar-refractivity contribution in [3.05, 3.63) is 24.3 Å². The van der Waals surface area contributed by atoms with Crippen molar-refractivity contribution in [2.45, 2.75) is 50.5 Å². The van der Waals surface area contributed by atoms with Crippen LogP contribution in [0, 0.1) is 0 Å². The van der Waals surface area contributed by atoms with Gasteiger partial charge >= 0.3 is 0 Å². The summed E-state index contributed by atoms with van der Waals surface area (Å²) in [5.41, 5.74) is 0. The van der Waals surface area contributed by atoms with E-state index >= 15 is 0 Å². The molecule has 0 aromatic heterocycles. The number of unbranched alkanes of at least 4 members (excludes halogenated alkanes) is 2. The third kappa shape index (κ3) is 4.66. The van der Waals surface area contributed by atoms with Crippen LogP contribution in [0.15, 0.2) is 29.2 Å². The van der Waals surface area contributed by atoms with E-state index < -0.39 is 10.0 Å². The lowest BCUT2D eigenvalue weighted by atomic mass is 10.1. The Balaban J connectivity index is 2.61. The zero-order chi connectivity index (χ0) is 13.6. The smallest absolute Gasteiger partial charge is 0.240 e. The normalized spacial score (nSPS) is 13.4. The quantitative estimate of drug-likeness (QED) is 0.749. The maximum absolute atomic E-state index is 12.0. The van der Waals surface area contributed by atoms with E-state index in [1.165, 1.54) is 24.3 Å². The first-order valence-corrected chi connectivity index (χ1v) is 7.75. The molecule has 0 spiro atoms. The van der Waals surface area contributed by atoms with Gasteiger partial charge in [-0.05, 0) is 37.6 Å². The van der Waals surface area contributed by atoms with E-state index in [1.807, 2.05) is 6.92 Å². The molecule has 0 aliphatic carbocycles. The molecule has 0 aliphatic rings. The van der Waals surface area contributed by atoms with E-state index in [0.717, 1.165) is 25.7 Å². The number of rotatable bonds is 7. The van der Waals surface area contributed by atoms with Crippen LogP contribution in [0.25, 0.3) is 0 Å². The highest BCUT2D eigenvalue weighted by atomic mass is 32.2. The minimum absolute atomic E-state index is 0.0601. The highest BCUT2D eigenvalue weighted by molar-refractivity contribution is 7.89. The standard InChI is InChI=1S/C13H21NO3S/c1-3-4-5-6-11(2)14-18(16,17)13-9-7-12(15)8-10-13/h7-11,14-15H,3-6H2,1-2H3. The van der Waals surface area contributed by atoms with Crippen molar-refractivity contribution in [1.29, 1.82) is 0 Å². The number of hydrogen-bond donors (Lipinski definition) is 2. The van der Waals surface area contributed by atoms with Crippen molar-refractivity contribution >= 4 is 10.0 Å². The molecule has 4 nitrogen and oxygen atoms in total. The lowest BCUT2D eigenvalue weighted by molar-refractivity contribution is 0.474. The van der Waals surface area contributed by atoms with Crippen molar-refractivity contribution in [3.8, 4) is 5.75 Å². The third-order valence-electron chi connectivity index (χ3n) is 2.74. The van der Waals surface area contributed by atoms with Gasteiger partial charge < -0.3 is 5.11 Å². The van der Waals surface area contributed by atoms with Gasteiger partial charge in [0.05, 0.1) is 4.90 Å². The highest BCUT2D eigenvalue weighted by Crippen LogP contribution is 2.15. The average molecular weight is 271 g/mol. The van der Waals surface area contributed by atoms with Gasteiger partial charge in [0.2, 0.25) is 10.0 Å². The summed E-state index contributed by atoms with van der Waals surface area (Å²) in [4.78, 5) is 0.183. The summed E-state index contributed by atoms with van der Waals surface area (Å²) in [5, 5.41) is 9.13. The molecule has 1 rings (SSSR count). The Morgan fingerprint density at radius 3 is 2.39 bits per heavy atom. The van der Waals surface area contributed by atoms with Gasteiger partial charge in [-0.25, -0.2) is 13.1 Å². The molecule has 0 aliphatic heterocycles. The molecule has 0 radical (unpaired) electrons. The molecule has 2 N–H and O–H groups in total. The first kappa shape index (κ1) is 15.0. The molecular formula is C13H21NO3S. The summed E-state index contributed by atoms with van der Waals surface area (Å²) in [6, 6.07) is 5.47. The molecule has 1 aromatic rings. The second kappa shape index (κ2) is 6.75. The minimum Gasteiger partial charge on any atom is -0.508 e. The van der Waals surface area contributed by atoms with Gasteiger partial charge in [-0.1, -0.05) is 26.2 Å². The maximum atomic E-state index is 12.0. The fourth-order valence-electron chi connectivity index (χ4n) is 1.72. The zero-order valence-corrected chi connectivity index (χ0v) is 11.7. The monoisotopic (exact) mass is 271 g/mol. The van der Waals surface area contributed by atoms with Crippen molar-refractivity contribution < 1.29 is 13.5 Å². The van der Waals surface area contributed by atoms with Crippen LogP contribution in [-0.2, 0) is 10.0 Å². The van der Waals surface area contributed by atoms with Gasteiger partial charge in [-0.15, -0.1) is 0 Å². The van der Waals surface area contributed by atoms with Gasteiger partial charge in [0.15, 0.2) is 0 Å². The van der Waals surface area contributed by atoms with Crippen LogP contribution >= 0.6 is 0 Å². The molecule has 0 saturated heterocycles. The average Bonchev–Trinajstić information content (AvgIpc) is 2.29. The van der Waals surface area contributed by atoms with E-state index in [4.69, 9.17) is 5.11 Å². The number of phenols is 1. The predicted molar refractivity (Wildman–Crippen MR) is 72.0 cm³/mol. The molecule has 0 bridgehead atoms. The lowest BCUT2D eigenvalue weighted by Crippen LogP contribution is -2.32. The van der Waals surface area contributed by atoms with Crippen LogP contribution < -0.4 is 4.72 Å². The van der Waals surface area contributed by atoms with Crippen molar-refractivity contribution in [2.24, 2.45) is 0 Å². The lowest BCUT2D eigenvalue weighted by Gasteiger charge is -2.14. The zero-order valence-electron chi connectivity index (χ0n) is 10.9. The molecule has 0 saturated carbocycles. The highest BCUT2D eigenvalue weighted by Gasteiger charge is 2.16. The summed E-state index contributed by atoms with van der Waals surface area (Å²) >= 11 is 0. The largest absolute Gasteiger partial charge is 0.508 e. The van der Waals surface area contributed by atoms with E-state index in [1.54, 1.807) is 0 Å². The SMILES string of the molecule is CCCCCC(C)NS(=O)(=O)c1ccc(O)cc1. The third-order valence-corrected chi connectivity index (χ3v) is 4.35. The van der Waals surface area contributed by atoms with Crippen LogP contribution in [0.4, 0.5) is 0 Å². The Bertz CT molecular complexity index is 454. The van der Waals surface area contributed by atoms with E-state index in [0.29, 0.717) is 0 Å². The van der Waals surface area contributed by atoms with Gasteiger partial charge in [0, 0.05) is 6.04 Å². The molecular weight excluding hydrogens is 250 g/mol. The summed E-state index contributed by atoms with van der Waals surface area (Å²) in [5.74, 6) is 0.0601. The second-order valence-corrected chi connectivity index (χ2v) is 6.23. The predicted octanol–water partition coefficient (Wildman–Crippen LogP) is 2.64. The maximum Gasteiger partial charge on any atom is 0.240 e. The van der Waals surface area contributed by atoms with Crippen LogP contribution in [0.5, 0.6) is 5.75 Å². The molecule has 1 unspecified atom stereocenters. The molecule has 1 atom stereocenters. The fourth-order valence-corrected chi connectivity index (χ4v) is 3.00. The molecule has 5 heteroatoms. The fraction of sp³-hybridized carbons (Fsp3) is 0.538.